The van der Waals surface area contributed by atoms with Crippen molar-refractivity contribution in [2.24, 2.45) is 7.05 Å². The SMILES string of the molecule is COc1ccc(NC(=O)CSc2nnc(-c3ccccc3OC)n2C)cc1. The van der Waals surface area contributed by atoms with Crippen LogP contribution in [0.15, 0.2) is 53.7 Å². The summed E-state index contributed by atoms with van der Waals surface area (Å²) in [6.45, 7) is 0. The normalized spacial score (nSPS) is 10.5. The molecule has 0 aliphatic carbocycles. The van der Waals surface area contributed by atoms with Crippen molar-refractivity contribution < 1.29 is 14.3 Å². The van der Waals surface area contributed by atoms with Gasteiger partial charge < -0.3 is 19.4 Å². The minimum atomic E-state index is -0.119. The van der Waals surface area contributed by atoms with Gasteiger partial charge in [-0.3, -0.25) is 4.79 Å². The Kier molecular flexibility index (Phi) is 5.97. The summed E-state index contributed by atoms with van der Waals surface area (Å²) in [6, 6.07) is 14.8. The number of thioether (sulfide) groups is 1. The number of aromatic nitrogens is 3. The minimum Gasteiger partial charge on any atom is -0.497 e. The topological polar surface area (TPSA) is 78.3 Å². The van der Waals surface area contributed by atoms with E-state index in [1.807, 2.05) is 35.9 Å². The molecule has 0 radical (unpaired) electrons. The number of benzene rings is 2. The van der Waals surface area contributed by atoms with E-state index in [0.29, 0.717) is 16.7 Å². The molecule has 3 aromatic rings. The van der Waals surface area contributed by atoms with Crippen LogP contribution < -0.4 is 14.8 Å². The van der Waals surface area contributed by atoms with Gasteiger partial charge in [-0.05, 0) is 36.4 Å². The lowest BCUT2D eigenvalue weighted by molar-refractivity contribution is -0.113. The van der Waals surface area contributed by atoms with E-state index in [0.717, 1.165) is 17.1 Å². The molecule has 0 bridgehead atoms. The standard InChI is InChI=1S/C19H20N4O3S/c1-23-18(15-6-4-5-7-16(15)26-3)21-22-19(23)27-12-17(24)20-13-8-10-14(25-2)11-9-13/h4-11H,12H2,1-3H3,(H,20,24). The maximum atomic E-state index is 12.2. The second kappa shape index (κ2) is 8.59. The molecule has 0 fully saturated rings. The van der Waals surface area contributed by atoms with Gasteiger partial charge in [0.05, 0.1) is 25.5 Å². The quantitative estimate of drug-likeness (QED) is 0.630. The van der Waals surface area contributed by atoms with Gasteiger partial charge in [-0.15, -0.1) is 10.2 Å². The van der Waals surface area contributed by atoms with Crippen LogP contribution in [-0.4, -0.2) is 40.6 Å². The highest BCUT2D eigenvalue weighted by Crippen LogP contribution is 2.30. The predicted octanol–water partition coefficient (Wildman–Crippen LogP) is 3.23. The zero-order valence-electron chi connectivity index (χ0n) is 15.3. The third-order valence-corrected chi connectivity index (χ3v) is 4.91. The van der Waals surface area contributed by atoms with E-state index in [-0.39, 0.29) is 11.7 Å². The molecule has 1 N–H and O–H groups in total. The number of anilines is 1. The zero-order chi connectivity index (χ0) is 19.2. The number of carbonyl (C=O) groups is 1. The van der Waals surface area contributed by atoms with Crippen LogP contribution in [-0.2, 0) is 11.8 Å². The lowest BCUT2D eigenvalue weighted by Gasteiger charge is -2.08. The van der Waals surface area contributed by atoms with E-state index in [1.165, 1.54) is 11.8 Å². The highest BCUT2D eigenvalue weighted by Gasteiger charge is 2.15. The second-order valence-corrected chi connectivity index (χ2v) is 6.57. The van der Waals surface area contributed by atoms with Crippen molar-refractivity contribution in [3.63, 3.8) is 0 Å². The summed E-state index contributed by atoms with van der Waals surface area (Å²) >= 11 is 1.32. The van der Waals surface area contributed by atoms with Crippen molar-refractivity contribution in [3.8, 4) is 22.9 Å². The summed E-state index contributed by atoms with van der Waals surface area (Å²) in [5.74, 6) is 2.26. The summed E-state index contributed by atoms with van der Waals surface area (Å²) in [7, 11) is 5.09. The van der Waals surface area contributed by atoms with Gasteiger partial charge in [0.2, 0.25) is 5.91 Å². The number of hydrogen-bond acceptors (Lipinski definition) is 6. The molecule has 8 heteroatoms. The molecule has 2 aromatic carbocycles. The Hall–Kier alpha value is -3.00. The Morgan fingerprint density at radius 3 is 2.52 bits per heavy atom. The van der Waals surface area contributed by atoms with Crippen molar-refractivity contribution in [2.45, 2.75) is 5.16 Å². The first-order chi connectivity index (χ1) is 13.1. The summed E-state index contributed by atoms with van der Waals surface area (Å²) in [5.41, 5.74) is 1.57. The lowest BCUT2D eigenvalue weighted by Crippen LogP contribution is -2.14. The maximum absolute atomic E-state index is 12.2. The van der Waals surface area contributed by atoms with Gasteiger partial charge in [-0.2, -0.15) is 0 Å². The molecule has 0 saturated heterocycles. The van der Waals surface area contributed by atoms with Gasteiger partial charge in [-0.25, -0.2) is 0 Å². The van der Waals surface area contributed by atoms with Crippen LogP contribution in [0.4, 0.5) is 5.69 Å². The van der Waals surface area contributed by atoms with Gasteiger partial charge in [0.15, 0.2) is 11.0 Å². The van der Waals surface area contributed by atoms with E-state index < -0.39 is 0 Å². The number of para-hydroxylation sites is 1. The second-order valence-electron chi connectivity index (χ2n) is 5.63. The third-order valence-electron chi connectivity index (χ3n) is 3.89. The van der Waals surface area contributed by atoms with Crippen molar-refractivity contribution in [1.29, 1.82) is 0 Å². The predicted molar refractivity (Wildman–Crippen MR) is 105 cm³/mol. The van der Waals surface area contributed by atoms with E-state index >= 15 is 0 Å². The monoisotopic (exact) mass is 384 g/mol. The average Bonchev–Trinajstić information content (AvgIpc) is 3.07. The number of methoxy groups -OCH3 is 2. The van der Waals surface area contributed by atoms with E-state index in [9.17, 15) is 4.79 Å². The minimum absolute atomic E-state index is 0.119. The van der Waals surface area contributed by atoms with Gasteiger partial charge >= 0.3 is 0 Å². The Morgan fingerprint density at radius 2 is 1.81 bits per heavy atom. The number of nitrogens with one attached hydrogen (secondary N) is 1. The molecule has 1 amide bonds. The van der Waals surface area contributed by atoms with Gasteiger partial charge in [0.25, 0.3) is 0 Å². The summed E-state index contributed by atoms with van der Waals surface area (Å²) in [4.78, 5) is 12.2. The lowest BCUT2D eigenvalue weighted by atomic mass is 10.2. The molecule has 27 heavy (non-hydrogen) atoms. The fraction of sp³-hybridized carbons (Fsp3) is 0.211. The molecule has 1 aromatic heterocycles. The molecule has 0 aliphatic rings. The molecule has 140 valence electrons. The van der Waals surface area contributed by atoms with Crippen molar-refractivity contribution in [2.75, 3.05) is 25.3 Å². The number of carbonyl (C=O) groups excluding carboxylic acids is 1. The first kappa shape index (κ1) is 18.8. The van der Waals surface area contributed by atoms with E-state index in [1.54, 1.807) is 38.5 Å². The van der Waals surface area contributed by atoms with Crippen LogP contribution in [0.1, 0.15) is 0 Å². The smallest absolute Gasteiger partial charge is 0.234 e. The Morgan fingerprint density at radius 1 is 1.07 bits per heavy atom. The van der Waals surface area contributed by atoms with Crippen molar-refractivity contribution >= 4 is 23.4 Å². The van der Waals surface area contributed by atoms with E-state index in [4.69, 9.17) is 9.47 Å². The molecular formula is C19H20N4O3S. The zero-order valence-corrected chi connectivity index (χ0v) is 16.1. The molecule has 0 atom stereocenters. The number of rotatable bonds is 7. The van der Waals surface area contributed by atoms with Gasteiger partial charge in [0, 0.05) is 12.7 Å². The van der Waals surface area contributed by atoms with Crippen molar-refractivity contribution in [3.05, 3.63) is 48.5 Å². The molecule has 0 spiro atoms. The summed E-state index contributed by atoms with van der Waals surface area (Å²) in [5, 5.41) is 11.9. The summed E-state index contributed by atoms with van der Waals surface area (Å²) < 4.78 is 12.3. The van der Waals surface area contributed by atoms with Crippen LogP contribution in [0.5, 0.6) is 11.5 Å². The van der Waals surface area contributed by atoms with E-state index in [2.05, 4.69) is 15.5 Å². The molecular weight excluding hydrogens is 364 g/mol. The van der Waals surface area contributed by atoms with Crippen LogP contribution >= 0.6 is 11.8 Å². The van der Waals surface area contributed by atoms with Crippen LogP contribution in [0.25, 0.3) is 11.4 Å². The molecule has 1 heterocycles. The number of ether oxygens (including phenoxy) is 2. The maximum Gasteiger partial charge on any atom is 0.234 e. The molecule has 0 saturated carbocycles. The van der Waals surface area contributed by atoms with Crippen molar-refractivity contribution in [1.82, 2.24) is 14.8 Å². The Labute approximate surface area is 161 Å². The van der Waals surface area contributed by atoms with Crippen LogP contribution in [0, 0.1) is 0 Å². The molecule has 0 unspecified atom stereocenters. The largest absolute Gasteiger partial charge is 0.497 e. The highest BCUT2D eigenvalue weighted by atomic mass is 32.2. The molecule has 0 aliphatic heterocycles. The molecule has 3 rings (SSSR count). The Balaban J connectivity index is 1.64. The number of nitrogens with zero attached hydrogens (tertiary/aromatic N) is 3. The summed E-state index contributed by atoms with van der Waals surface area (Å²) in [6.07, 6.45) is 0. The van der Waals surface area contributed by atoms with Gasteiger partial charge in [0.1, 0.15) is 11.5 Å². The average molecular weight is 384 g/mol. The number of amides is 1. The number of hydrogen-bond donors (Lipinski definition) is 1. The van der Waals surface area contributed by atoms with Crippen LogP contribution in [0.2, 0.25) is 0 Å². The third kappa shape index (κ3) is 4.40. The highest BCUT2D eigenvalue weighted by molar-refractivity contribution is 7.99. The van der Waals surface area contributed by atoms with Gasteiger partial charge in [-0.1, -0.05) is 23.9 Å². The van der Waals surface area contributed by atoms with Crippen LogP contribution in [0.3, 0.4) is 0 Å². The first-order valence-electron chi connectivity index (χ1n) is 8.22. The fourth-order valence-electron chi connectivity index (χ4n) is 2.51. The fourth-order valence-corrected chi connectivity index (χ4v) is 3.22. The Bertz CT molecular complexity index is 925. The molecule has 7 nitrogen and oxygen atoms in total. The first-order valence-corrected chi connectivity index (χ1v) is 9.20.